The Morgan fingerprint density at radius 1 is 1.24 bits per heavy atom. The number of amides is 1. The molecule has 0 spiro atoms. The number of benzene rings is 1. The van der Waals surface area contributed by atoms with Crippen LogP contribution < -0.4 is 5.32 Å². The van der Waals surface area contributed by atoms with E-state index in [4.69, 9.17) is 0 Å². The molecular formula is C18H24ClF3N2O. The zero-order chi connectivity index (χ0) is 17.3. The van der Waals surface area contributed by atoms with Gasteiger partial charge in [-0.1, -0.05) is 25.1 Å². The molecule has 1 amide bonds. The molecule has 140 valence electrons. The summed E-state index contributed by atoms with van der Waals surface area (Å²) in [5, 5.41) is 3.15. The molecule has 0 saturated carbocycles. The SMILES string of the molecule is CC(C(=O)N1CCCCC1c1ccccc1C(F)(F)F)C1CNC1.Cl. The Kier molecular flexibility index (Phi) is 6.38. The first kappa shape index (κ1) is 20.0. The molecule has 0 aromatic heterocycles. The smallest absolute Gasteiger partial charge is 0.335 e. The van der Waals surface area contributed by atoms with Crippen LogP contribution in [0.2, 0.25) is 0 Å². The first-order valence-electron chi connectivity index (χ1n) is 8.57. The lowest BCUT2D eigenvalue weighted by molar-refractivity contribution is -0.145. The van der Waals surface area contributed by atoms with Crippen LogP contribution in [-0.4, -0.2) is 30.4 Å². The number of nitrogens with zero attached hydrogens (tertiary/aromatic N) is 1. The van der Waals surface area contributed by atoms with Crippen molar-refractivity contribution in [1.29, 1.82) is 0 Å². The molecule has 3 rings (SSSR count). The number of likely N-dealkylation sites (tertiary alicyclic amines) is 1. The zero-order valence-electron chi connectivity index (χ0n) is 14.2. The van der Waals surface area contributed by atoms with Crippen LogP contribution in [0.3, 0.4) is 0 Å². The highest BCUT2D eigenvalue weighted by molar-refractivity contribution is 5.85. The van der Waals surface area contributed by atoms with E-state index in [2.05, 4.69) is 5.32 Å². The normalized spacial score (nSPS) is 22.7. The molecule has 2 fully saturated rings. The second kappa shape index (κ2) is 7.96. The summed E-state index contributed by atoms with van der Waals surface area (Å²) >= 11 is 0. The van der Waals surface area contributed by atoms with Crippen LogP contribution in [0, 0.1) is 11.8 Å². The number of carbonyl (C=O) groups excluding carboxylic acids is 1. The Morgan fingerprint density at radius 2 is 1.92 bits per heavy atom. The Hall–Kier alpha value is -1.27. The number of rotatable bonds is 3. The third-order valence-electron chi connectivity index (χ3n) is 5.32. The molecule has 2 unspecified atom stereocenters. The fourth-order valence-electron chi connectivity index (χ4n) is 3.69. The van der Waals surface area contributed by atoms with Crippen LogP contribution in [0.5, 0.6) is 0 Å². The van der Waals surface area contributed by atoms with E-state index < -0.39 is 17.8 Å². The second-order valence-electron chi connectivity index (χ2n) is 6.84. The monoisotopic (exact) mass is 376 g/mol. The third-order valence-corrected chi connectivity index (χ3v) is 5.32. The Bertz CT molecular complexity index is 604. The summed E-state index contributed by atoms with van der Waals surface area (Å²) in [6.45, 7) is 4.06. The van der Waals surface area contributed by atoms with Crippen LogP contribution in [-0.2, 0) is 11.0 Å². The summed E-state index contributed by atoms with van der Waals surface area (Å²) in [6.07, 6.45) is -2.10. The van der Waals surface area contributed by atoms with Gasteiger partial charge in [0.25, 0.3) is 0 Å². The summed E-state index contributed by atoms with van der Waals surface area (Å²) in [5.41, 5.74) is -0.385. The largest absolute Gasteiger partial charge is 0.416 e. The van der Waals surface area contributed by atoms with E-state index in [0.717, 1.165) is 32.0 Å². The van der Waals surface area contributed by atoms with Crippen molar-refractivity contribution >= 4 is 18.3 Å². The summed E-state index contributed by atoms with van der Waals surface area (Å²) in [7, 11) is 0. The highest BCUT2D eigenvalue weighted by Crippen LogP contribution is 2.40. The van der Waals surface area contributed by atoms with E-state index in [1.807, 2.05) is 6.92 Å². The Labute approximate surface area is 152 Å². The Balaban J connectivity index is 0.00000225. The lowest BCUT2D eigenvalue weighted by Crippen LogP contribution is -2.51. The van der Waals surface area contributed by atoms with E-state index in [-0.39, 0.29) is 35.7 Å². The molecule has 3 nitrogen and oxygen atoms in total. The van der Waals surface area contributed by atoms with E-state index in [1.165, 1.54) is 12.1 Å². The van der Waals surface area contributed by atoms with Gasteiger partial charge >= 0.3 is 6.18 Å². The minimum absolute atomic E-state index is 0. The molecule has 0 radical (unpaired) electrons. The van der Waals surface area contributed by atoms with Gasteiger partial charge in [0.15, 0.2) is 0 Å². The van der Waals surface area contributed by atoms with Gasteiger partial charge in [-0.3, -0.25) is 4.79 Å². The van der Waals surface area contributed by atoms with Crippen molar-refractivity contribution in [3.63, 3.8) is 0 Å². The first-order valence-corrected chi connectivity index (χ1v) is 8.57. The molecular weight excluding hydrogens is 353 g/mol. The van der Waals surface area contributed by atoms with Gasteiger partial charge in [-0.15, -0.1) is 12.4 Å². The highest BCUT2D eigenvalue weighted by Gasteiger charge is 2.40. The van der Waals surface area contributed by atoms with Crippen LogP contribution in [0.4, 0.5) is 13.2 Å². The maximum atomic E-state index is 13.4. The first-order chi connectivity index (χ1) is 11.4. The standard InChI is InChI=1S/C18H23F3N2O.ClH/c1-12(13-10-22-11-13)17(24)23-9-5-4-8-16(23)14-6-2-3-7-15(14)18(19,20)21;/h2-3,6-7,12-13,16,22H,4-5,8-11H2,1H3;1H. The quantitative estimate of drug-likeness (QED) is 0.863. The highest BCUT2D eigenvalue weighted by atomic mass is 35.5. The van der Waals surface area contributed by atoms with Crippen molar-refractivity contribution in [2.45, 2.75) is 38.4 Å². The summed E-state index contributed by atoms with van der Waals surface area (Å²) < 4.78 is 40.1. The predicted octanol–water partition coefficient (Wildman–Crippen LogP) is 4.04. The van der Waals surface area contributed by atoms with Crippen molar-refractivity contribution in [2.75, 3.05) is 19.6 Å². The van der Waals surface area contributed by atoms with Crippen LogP contribution >= 0.6 is 12.4 Å². The van der Waals surface area contributed by atoms with Gasteiger partial charge in [-0.2, -0.15) is 13.2 Å². The number of carbonyl (C=O) groups is 1. The van der Waals surface area contributed by atoms with Gasteiger partial charge in [0.2, 0.25) is 5.91 Å². The van der Waals surface area contributed by atoms with Crippen LogP contribution in [0.15, 0.2) is 24.3 Å². The molecule has 0 aliphatic carbocycles. The van der Waals surface area contributed by atoms with E-state index >= 15 is 0 Å². The number of hydrogen-bond acceptors (Lipinski definition) is 2. The fraction of sp³-hybridized carbons (Fsp3) is 0.611. The summed E-state index contributed by atoms with van der Waals surface area (Å²) in [6, 6.07) is 5.20. The number of piperidine rings is 1. The van der Waals surface area contributed by atoms with Crippen molar-refractivity contribution in [3.8, 4) is 0 Å². The van der Waals surface area contributed by atoms with Crippen molar-refractivity contribution in [2.24, 2.45) is 11.8 Å². The number of halogens is 4. The number of alkyl halides is 3. The molecule has 1 aromatic rings. The van der Waals surface area contributed by atoms with Gasteiger partial charge < -0.3 is 10.2 Å². The predicted molar refractivity (Wildman–Crippen MR) is 92.5 cm³/mol. The lowest BCUT2D eigenvalue weighted by atomic mass is 9.85. The van der Waals surface area contributed by atoms with Crippen molar-refractivity contribution in [1.82, 2.24) is 10.2 Å². The molecule has 2 heterocycles. The van der Waals surface area contributed by atoms with Gasteiger partial charge in [-0.25, -0.2) is 0 Å². The summed E-state index contributed by atoms with van der Waals surface area (Å²) in [4.78, 5) is 14.6. The molecule has 2 aliphatic heterocycles. The molecule has 25 heavy (non-hydrogen) atoms. The molecule has 0 bridgehead atoms. The third kappa shape index (κ3) is 4.11. The maximum Gasteiger partial charge on any atom is 0.416 e. The topological polar surface area (TPSA) is 32.3 Å². The molecule has 2 aliphatic rings. The number of hydrogen-bond donors (Lipinski definition) is 1. The number of nitrogens with one attached hydrogen (secondary N) is 1. The zero-order valence-corrected chi connectivity index (χ0v) is 15.0. The van der Waals surface area contributed by atoms with E-state index in [1.54, 1.807) is 11.0 Å². The van der Waals surface area contributed by atoms with Crippen molar-refractivity contribution < 1.29 is 18.0 Å². The van der Waals surface area contributed by atoms with Crippen molar-refractivity contribution in [3.05, 3.63) is 35.4 Å². The lowest BCUT2D eigenvalue weighted by Gasteiger charge is -2.41. The molecule has 2 saturated heterocycles. The summed E-state index contributed by atoms with van der Waals surface area (Å²) in [5.74, 6) is 0.131. The molecule has 1 aromatic carbocycles. The van der Waals surface area contributed by atoms with Gasteiger partial charge in [-0.05, 0) is 49.9 Å². The van der Waals surface area contributed by atoms with Gasteiger partial charge in [0.1, 0.15) is 0 Å². The average molecular weight is 377 g/mol. The minimum Gasteiger partial charge on any atom is -0.335 e. The minimum atomic E-state index is -4.40. The molecule has 7 heteroatoms. The second-order valence-corrected chi connectivity index (χ2v) is 6.84. The molecule has 1 N–H and O–H groups in total. The molecule has 2 atom stereocenters. The van der Waals surface area contributed by atoms with Crippen LogP contribution in [0.1, 0.15) is 43.4 Å². The van der Waals surface area contributed by atoms with Gasteiger partial charge in [0.05, 0.1) is 11.6 Å². The maximum absolute atomic E-state index is 13.4. The van der Waals surface area contributed by atoms with Gasteiger partial charge in [0, 0.05) is 12.5 Å². The average Bonchev–Trinajstić information content (AvgIpc) is 2.51. The fourth-order valence-corrected chi connectivity index (χ4v) is 3.69. The van der Waals surface area contributed by atoms with E-state index in [0.29, 0.717) is 13.0 Å². The van der Waals surface area contributed by atoms with Crippen LogP contribution in [0.25, 0.3) is 0 Å². The van der Waals surface area contributed by atoms with E-state index in [9.17, 15) is 18.0 Å². The Morgan fingerprint density at radius 3 is 2.52 bits per heavy atom.